The van der Waals surface area contributed by atoms with Crippen molar-refractivity contribution in [3.05, 3.63) is 75.7 Å². The number of carbonyl (C=O) groups excluding carboxylic acids is 1. The minimum Gasteiger partial charge on any atom is -0.382 e. The Balaban J connectivity index is 1.75. The number of rotatable bonds is 8. The lowest BCUT2D eigenvalue weighted by Gasteiger charge is -2.27. The predicted molar refractivity (Wildman–Crippen MR) is 145 cm³/mol. The SMILES string of the molecule is CC[C@H](C)Nc1ccc(NC(=O)c2ccc(=O)n(-c3c(F)cccc3F)n2)c(N2C[C@@H](C)[C@@H](N)C2)c1C=N. The molecule has 0 radical (unpaired) electrons. The van der Waals surface area contributed by atoms with E-state index in [-0.39, 0.29) is 23.7 Å². The lowest BCUT2D eigenvalue weighted by atomic mass is 10.1. The Hall–Kier alpha value is -4.12. The molecule has 11 heteroatoms. The Kier molecular flexibility index (Phi) is 7.86. The molecule has 9 nitrogen and oxygen atoms in total. The Labute approximate surface area is 219 Å². The maximum absolute atomic E-state index is 14.3. The van der Waals surface area contributed by atoms with E-state index >= 15 is 0 Å². The van der Waals surface area contributed by atoms with Gasteiger partial charge in [-0.15, -0.1) is 0 Å². The number of hydrogen-bond donors (Lipinski definition) is 4. The molecule has 0 spiro atoms. The van der Waals surface area contributed by atoms with Gasteiger partial charge in [0.15, 0.2) is 11.6 Å². The van der Waals surface area contributed by atoms with Crippen LogP contribution in [0.1, 0.15) is 43.2 Å². The zero-order valence-electron chi connectivity index (χ0n) is 21.5. The molecule has 1 saturated heterocycles. The molecular formula is C27H31F2N7O2. The molecule has 1 aliphatic rings. The van der Waals surface area contributed by atoms with Gasteiger partial charge < -0.3 is 26.7 Å². The van der Waals surface area contributed by atoms with Crippen molar-refractivity contribution >= 4 is 29.2 Å². The van der Waals surface area contributed by atoms with Gasteiger partial charge in [0.1, 0.15) is 11.4 Å². The van der Waals surface area contributed by atoms with Crippen molar-refractivity contribution in [2.45, 2.75) is 39.3 Å². The van der Waals surface area contributed by atoms with Gasteiger partial charge in [-0.2, -0.15) is 9.78 Å². The Morgan fingerprint density at radius 2 is 1.84 bits per heavy atom. The van der Waals surface area contributed by atoms with Crippen LogP contribution < -0.4 is 26.8 Å². The molecule has 200 valence electrons. The third-order valence-electron chi connectivity index (χ3n) is 6.79. The number of carbonyl (C=O) groups is 1. The van der Waals surface area contributed by atoms with Crippen molar-refractivity contribution in [1.82, 2.24) is 9.78 Å². The zero-order chi connectivity index (χ0) is 27.6. The number of nitrogens with one attached hydrogen (secondary N) is 3. The van der Waals surface area contributed by atoms with Gasteiger partial charge in [0.25, 0.3) is 11.5 Å². The first-order valence-electron chi connectivity index (χ1n) is 12.4. The van der Waals surface area contributed by atoms with Crippen molar-refractivity contribution < 1.29 is 13.6 Å². The number of hydrogen-bond acceptors (Lipinski definition) is 7. The summed E-state index contributed by atoms with van der Waals surface area (Å²) in [4.78, 5) is 27.7. The second kappa shape index (κ2) is 11.1. The molecule has 0 saturated carbocycles. The first kappa shape index (κ1) is 26.9. The van der Waals surface area contributed by atoms with Crippen molar-refractivity contribution in [2.24, 2.45) is 11.7 Å². The molecule has 1 fully saturated rings. The monoisotopic (exact) mass is 523 g/mol. The van der Waals surface area contributed by atoms with Crippen LogP contribution in [0.4, 0.5) is 25.8 Å². The molecule has 0 aliphatic carbocycles. The molecule has 2 heterocycles. The van der Waals surface area contributed by atoms with Crippen LogP contribution in [0, 0.1) is 23.0 Å². The van der Waals surface area contributed by atoms with Crippen LogP contribution in [0.3, 0.4) is 0 Å². The highest BCUT2D eigenvalue weighted by atomic mass is 19.1. The molecular weight excluding hydrogens is 492 g/mol. The van der Waals surface area contributed by atoms with Crippen LogP contribution >= 0.6 is 0 Å². The smallest absolute Gasteiger partial charge is 0.276 e. The molecule has 3 atom stereocenters. The third kappa shape index (κ3) is 5.28. The van der Waals surface area contributed by atoms with E-state index in [1.807, 2.05) is 18.7 Å². The minimum atomic E-state index is -0.987. The minimum absolute atomic E-state index is 0.0794. The Morgan fingerprint density at radius 1 is 1.16 bits per heavy atom. The number of para-hydroxylation sites is 1. The molecule has 1 aliphatic heterocycles. The Morgan fingerprint density at radius 3 is 2.45 bits per heavy atom. The van der Waals surface area contributed by atoms with Crippen molar-refractivity contribution in [2.75, 3.05) is 28.6 Å². The van der Waals surface area contributed by atoms with Gasteiger partial charge in [0.2, 0.25) is 0 Å². The van der Waals surface area contributed by atoms with Crippen molar-refractivity contribution in [3.8, 4) is 5.69 Å². The standard InChI is InChI=1S/C27H31F2N7O2/c1-4-16(3)32-21-8-9-22(25(17(21)12-30)35-13-15(2)20(31)14-35)33-27(38)23-10-11-24(37)36(34-23)26-18(28)6-5-7-19(26)29/h5-12,15-16,20,30,32H,4,13-14,31H2,1-3H3,(H,33,38)/t15-,16+,20+/m1/s1. The fourth-order valence-electron chi connectivity index (χ4n) is 4.43. The van der Waals surface area contributed by atoms with Gasteiger partial charge in [-0.05, 0) is 49.6 Å². The molecule has 1 aromatic heterocycles. The highest BCUT2D eigenvalue weighted by Crippen LogP contribution is 2.37. The maximum atomic E-state index is 14.3. The first-order chi connectivity index (χ1) is 18.1. The summed E-state index contributed by atoms with van der Waals surface area (Å²) in [5.74, 6) is -2.46. The van der Waals surface area contributed by atoms with Gasteiger partial charge in [-0.3, -0.25) is 9.59 Å². The van der Waals surface area contributed by atoms with Gasteiger partial charge in [0.05, 0.1) is 11.4 Å². The van der Waals surface area contributed by atoms with E-state index in [0.29, 0.717) is 34.7 Å². The number of aromatic nitrogens is 2. The van der Waals surface area contributed by atoms with E-state index in [2.05, 4.69) is 22.7 Å². The second-order valence-electron chi connectivity index (χ2n) is 9.56. The molecule has 4 rings (SSSR count). The summed E-state index contributed by atoms with van der Waals surface area (Å²) in [5, 5.41) is 18.3. The van der Waals surface area contributed by atoms with Gasteiger partial charge in [-0.1, -0.05) is 19.9 Å². The molecule has 38 heavy (non-hydrogen) atoms. The second-order valence-corrected chi connectivity index (χ2v) is 9.56. The molecule has 1 amide bonds. The molecule has 2 aromatic carbocycles. The number of anilines is 3. The average molecular weight is 524 g/mol. The summed E-state index contributed by atoms with van der Waals surface area (Å²) in [6.07, 6.45) is 2.12. The highest BCUT2D eigenvalue weighted by Gasteiger charge is 2.31. The molecule has 0 bridgehead atoms. The molecule has 0 unspecified atom stereocenters. The lowest BCUT2D eigenvalue weighted by Crippen LogP contribution is -2.30. The summed E-state index contributed by atoms with van der Waals surface area (Å²) in [7, 11) is 0. The average Bonchev–Trinajstić information content (AvgIpc) is 3.22. The van der Waals surface area contributed by atoms with Crippen LogP contribution in [0.15, 0.2) is 47.3 Å². The van der Waals surface area contributed by atoms with Gasteiger partial charge in [-0.25, -0.2) is 8.78 Å². The fraction of sp³-hybridized carbons (Fsp3) is 0.333. The van der Waals surface area contributed by atoms with Crippen LogP contribution in [0.5, 0.6) is 0 Å². The summed E-state index contributed by atoms with van der Waals surface area (Å²) >= 11 is 0. The van der Waals surface area contributed by atoms with E-state index in [1.165, 1.54) is 18.3 Å². The van der Waals surface area contributed by atoms with Crippen LogP contribution in [0.25, 0.3) is 5.69 Å². The maximum Gasteiger partial charge on any atom is 0.276 e. The summed E-state index contributed by atoms with van der Waals surface area (Å²) < 4.78 is 29.2. The first-order valence-corrected chi connectivity index (χ1v) is 12.4. The highest BCUT2D eigenvalue weighted by molar-refractivity contribution is 6.08. The lowest BCUT2D eigenvalue weighted by molar-refractivity contribution is 0.102. The van der Waals surface area contributed by atoms with Crippen molar-refractivity contribution in [3.63, 3.8) is 0 Å². The number of amides is 1. The fourth-order valence-corrected chi connectivity index (χ4v) is 4.43. The largest absolute Gasteiger partial charge is 0.382 e. The molecule has 3 aromatic rings. The summed E-state index contributed by atoms with van der Waals surface area (Å²) in [6.45, 7) is 7.30. The van der Waals surface area contributed by atoms with E-state index in [0.717, 1.165) is 30.3 Å². The number of benzene rings is 2. The zero-order valence-corrected chi connectivity index (χ0v) is 21.5. The quantitative estimate of drug-likeness (QED) is 0.333. The predicted octanol–water partition coefficient (Wildman–Crippen LogP) is 3.75. The van der Waals surface area contributed by atoms with E-state index in [1.54, 1.807) is 12.1 Å². The molecule has 5 N–H and O–H groups in total. The van der Waals surface area contributed by atoms with E-state index < -0.39 is 28.8 Å². The van der Waals surface area contributed by atoms with E-state index in [9.17, 15) is 18.4 Å². The Bertz CT molecular complexity index is 1390. The summed E-state index contributed by atoms with van der Waals surface area (Å²) in [5.41, 5.74) is 7.00. The summed E-state index contributed by atoms with van der Waals surface area (Å²) in [6, 6.07) is 8.98. The van der Waals surface area contributed by atoms with Gasteiger partial charge >= 0.3 is 0 Å². The van der Waals surface area contributed by atoms with Crippen LogP contribution in [-0.2, 0) is 0 Å². The van der Waals surface area contributed by atoms with Crippen LogP contribution in [0.2, 0.25) is 0 Å². The number of nitrogens with zero attached hydrogens (tertiary/aromatic N) is 3. The topological polar surface area (TPSA) is 129 Å². The third-order valence-corrected chi connectivity index (χ3v) is 6.79. The normalized spacial score (nSPS) is 17.8. The van der Waals surface area contributed by atoms with Crippen molar-refractivity contribution in [1.29, 1.82) is 5.41 Å². The van der Waals surface area contributed by atoms with E-state index in [4.69, 9.17) is 11.1 Å². The number of halogens is 2. The van der Waals surface area contributed by atoms with Gasteiger partial charge in [0, 0.05) is 48.7 Å². The van der Waals surface area contributed by atoms with Crippen LogP contribution in [-0.4, -0.2) is 47.1 Å². The number of nitrogens with two attached hydrogens (primary N) is 1.